The van der Waals surface area contributed by atoms with Crippen molar-refractivity contribution in [3.63, 3.8) is 0 Å². The summed E-state index contributed by atoms with van der Waals surface area (Å²) < 4.78 is 5.06. The molecular weight excluding hydrogens is 264 g/mol. The Balaban J connectivity index is 0.00000180. The van der Waals surface area contributed by atoms with E-state index in [0.717, 1.165) is 23.7 Å². The minimum atomic E-state index is 0. The number of halogens is 1. The molecule has 1 amide bonds. The molecule has 0 atom stereocenters. The Bertz CT molecular complexity index is 408. The first-order valence-corrected chi connectivity index (χ1v) is 6.36. The maximum absolute atomic E-state index is 11.7. The Morgan fingerprint density at radius 2 is 2.21 bits per heavy atom. The van der Waals surface area contributed by atoms with Crippen molar-refractivity contribution in [2.24, 2.45) is 5.92 Å². The topological polar surface area (TPSA) is 50.4 Å². The largest absolute Gasteiger partial charge is 0.380 e. The van der Waals surface area contributed by atoms with Crippen LogP contribution in [0, 0.1) is 5.92 Å². The number of carbonyl (C=O) groups excluding carboxylic acids is 1. The highest BCUT2D eigenvalue weighted by Gasteiger charge is 2.20. The minimum absolute atomic E-state index is 0. The zero-order valence-electron chi connectivity index (χ0n) is 11.1. The summed E-state index contributed by atoms with van der Waals surface area (Å²) in [6.45, 7) is 1.89. The van der Waals surface area contributed by atoms with Gasteiger partial charge in [-0.3, -0.25) is 4.79 Å². The predicted molar refractivity (Wildman–Crippen MR) is 78.6 cm³/mol. The summed E-state index contributed by atoms with van der Waals surface area (Å²) in [5.41, 5.74) is 1.88. The third-order valence-electron chi connectivity index (χ3n) is 2.94. The van der Waals surface area contributed by atoms with Crippen molar-refractivity contribution in [1.29, 1.82) is 0 Å². The molecule has 1 aliphatic rings. The average Bonchev–Trinajstić information content (AvgIpc) is 3.14. The fourth-order valence-corrected chi connectivity index (χ4v) is 1.82. The minimum Gasteiger partial charge on any atom is -0.380 e. The van der Waals surface area contributed by atoms with Crippen molar-refractivity contribution < 1.29 is 9.53 Å². The Morgan fingerprint density at radius 3 is 2.89 bits per heavy atom. The normalized spacial score (nSPS) is 13.7. The van der Waals surface area contributed by atoms with Gasteiger partial charge in [-0.25, -0.2) is 0 Å². The van der Waals surface area contributed by atoms with Gasteiger partial charge in [0.05, 0.1) is 13.2 Å². The van der Waals surface area contributed by atoms with Gasteiger partial charge in [0, 0.05) is 12.8 Å². The molecular formula is C14H21ClN2O2. The second-order valence-electron chi connectivity index (χ2n) is 4.76. The van der Waals surface area contributed by atoms with E-state index < -0.39 is 0 Å². The number of ether oxygens (including phenoxy) is 1. The predicted octanol–water partition coefficient (Wildman–Crippen LogP) is 2.19. The lowest BCUT2D eigenvalue weighted by atomic mass is 10.2. The molecule has 0 radical (unpaired) electrons. The van der Waals surface area contributed by atoms with Gasteiger partial charge in [0.15, 0.2) is 0 Å². The van der Waals surface area contributed by atoms with E-state index in [-0.39, 0.29) is 18.3 Å². The van der Waals surface area contributed by atoms with E-state index in [1.807, 2.05) is 24.3 Å². The van der Waals surface area contributed by atoms with E-state index in [1.165, 1.54) is 12.8 Å². The van der Waals surface area contributed by atoms with Crippen LogP contribution in [0.25, 0.3) is 0 Å². The summed E-state index contributed by atoms with van der Waals surface area (Å²) in [5, 5.41) is 6.05. The van der Waals surface area contributed by atoms with E-state index in [0.29, 0.717) is 13.2 Å². The van der Waals surface area contributed by atoms with Crippen LogP contribution in [0.5, 0.6) is 0 Å². The summed E-state index contributed by atoms with van der Waals surface area (Å²) in [4.78, 5) is 11.7. The van der Waals surface area contributed by atoms with Crippen molar-refractivity contribution in [2.75, 3.05) is 25.5 Å². The fraction of sp³-hybridized carbons (Fsp3) is 0.500. The lowest BCUT2D eigenvalue weighted by Crippen LogP contribution is -2.29. The van der Waals surface area contributed by atoms with Gasteiger partial charge in [0.1, 0.15) is 0 Å². The summed E-state index contributed by atoms with van der Waals surface area (Å²) in [7, 11) is 1.66. The Morgan fingerprint density at radius 1 is 1.42 bits per heavy atom. The molecule has 1 aromatic carbocycles. The van der Waals surface area contributed by atoms with Crippen LogP contribution < -0.4 is 10.6 Å². The molecule has 19 heavy (non-hydrogen) atoms. The molecule has 1 saturated carbocycles. The highest BCUT2D eigenvalue weighted by atomic mass is 35.5. The third-order valence-corrected chi connectivity index (χ3v) is 2.94. The Hall–Kier alpha value is -1.10. The van der Waals surface area contributed by atoms with E-state index in [2.05, 4.69) is 10.6 Å². The SMILES string of the molecule is COCc1cccc(NC(=O)CNCC2CC2)c1.Cl. The van der Waals surface area contributed by atoms with Crippen LogP contribution in [-0.4, -0.2) is 26.1 Å². The van der Waals surface area contributed by atoms with Gasteiger partial charge < -0.3 is 15.4 Å². The van der Waals surface area contributed by atoms with Crippen LogP contribution >= 0.6 is 12.4 Å². The molecule has 2 N–H and O–H groups in total. The second kappa shape index (κ2) is 8.15. The number of carbonyl (C=O) groups is 1. The first kappa shape index (κ1) is 16.0. The maximum atomic E-state index is 11.7. The second-order valence-corrected chi connectivity index (χ2v) is 4.76. The molecule has 0 aliphatic heterocycles. The number of hydrogen-bond donors (Lipinski definition) is 2. The van der Waals surface area contributed by atoms with Gasteiger partial charge in [0.2, 0.25) is 5.91 Å². The van der Waals surface area contributed by atoms with Crippen LogP contribution in [-0.2, 0) is 16.1 Å². The molecule has 2 rings (SSSR count). The van der Waals surface area contributed by atoms with E-state index >= 15 is 0 Å². The number of hydrogen-bond acceptors (Lipinski definition) is 3. The van der Waals surface area contributed by atoms with Gasteiger partial charge in [-0.1, -0.05) is 12.1 Å². The van der Waals surface area contributed by atoms with E-state index in [9.17, 15) is 4.79 Å². The molecule has 5 heteroatoms. The Labute approximate surface area is 120 Å². The number of rotatable bonds is 7. The van der Waals surface area contributed by atoms with Crippen molar-refractivity contribution in [1.82, 2.24) is 5.32 Å². The monoisotopic (exact) mass is 284 g/mol. The lowest BCUT2D eigenvalue weighted by molar-refractivity contribution is -0.115. The van der Waals surface area contributed by atoms with Crippen LogP contribution in [0.2, 0.25) is 0 Å². The molecule has 1 aliphatic carbocycles. The van der Waals surface area contributed by atoms with E-state index in [1.54, 1.807) is 7.11 Å². The third kappa shape index (κ3) is 6.05. The van der Waals surface area contributed by atoms with E-state index in [4.69, 9.17) is 4.74 Å². The van der Waals surface area contributed by atoms with Gasteiger partial charge in [-0.2, -0.15) is 0 Å². The van der Waals surface area contributed by atoms with Gasteiger partial charge in [-0.05, 0) is 43.0 Å². The number of nitrogens with one attached hydrogen (secondary N) is 2. The molecule has 1 fully saturated rings. The molecule has 0 bridgehead atoms. The molecule has 0 unspecified atom stereocenters. The number of methoxy groups -OCH3 is 1. The first-order valence-electron chi connectivity index (χ1n) is 6.36. The van der Waals surface area contributed by atoms with Crippen molar-refractivity contribution >= 4 is 24.0 Å². The molecule has 0 aromatic heterocycles. The van der Waals surface area contributed by atoms with Crippen LogP contribution in [0.4, 0.5) is 5.69 Å². The highest BCUT2D eigenvalue weighted by molar-refractivity contribution is 5.92. The molecule has 0 saturated heterocycles. The first-order chi connectivity index (χ1) is 8.78. The highest BCUT2D eigenvalue weighted by Crippen LogP contribution is 2.27. The summed E-state index contributed by atoms with van der Waals surface area (Å²) in [6.07, 6.45) is 2.60. The molecule has 0 heterocycles. The van der Waals surface area contributed by atoms with Crippen LogP contribution in [0.15, 0.2) is 24.3 Å². The molecule has 0 spiro atoms. The lowest BCUT2D eigenvalue weighted by Gasteiger charge is -2.08. The average molecular weight is 285 g/mol. The summed E-state index contributed by atoms with van der Waals surface area (Å²) >= 11 is 0. The van der Waals surface area contributed by atoms with Crippen LogP contribution in [0.1, 0.15) is 18.4 Å². The van der Waals surface area contributed by atoms with Gasteiger partial charge >= 0.3 is 0 Å². The van der Waals surface area contributed by atoms with Gasteiger partial charge in [0.25, 0.3) is 0 Å². The zero-order chi connectivity index (χ0) is 12.8. The van der Waals surface area contributed by atoms with Crippen molar-refractivity contribution in [2.45, 2.75) is 19.4 Å². The Kier molecular flexibility index (Phi) is 6.84. The molecule has 106 valence electrons. The summed E-state index contributed by atoms with van der Waals surface area (Å²) in [6, 6.07) is 7.71. The number of benzene rings is 1. The quantitative estimate of drug-likeness (QED) is 0.807. The maximum Gasteiger partial charge on any atom is 0.238 e. The number of anilines is 1. The molecule has 1 aromatic rings. The smallest absolute Gasteiger partial charge is 0.238 e. The number of amides is 1. The van der Waals surface area contributed by atoms with Crippen molar-refractivity contribution in [3.05, 3.63) is 29.8 Å². The zero-order valence-corrected chi connectivity index (χ0v) is 12.0. The van der Waals surface area contributed by atoms with Gasteiger partial charge in [-0.15, -0.1) is 12.4 Å². The van der Waals surface area contributed by atoms with Crippen molar-refractivity contribution in [3.8, 4) is 0 Å². The summed E-state index contributed by atoms with van der Waals surface area (Å²) in [5.74, 6) is 0.799. The standard InChI is InChI=1S/C14H20N2O2.ClH/c1-18-10-12-3-2-4-13(7-12)16-14(17)9-15-8-11-5-6-11;/h2-4,7,11,15H,5-6,8-10H2,1H3,(H,16,17);1H. The van der Waals surface area contributed by atoms with Crippen LogP contribution in [0.3, 0.4) is 0 Å². The fourth-order valence-electron chi connectivity index (χ4n) is 1.82. The molecule has 4 nitrogen and oxygen atoms in total.